The lowest BCUT2D eigenvalue weighted by Crippen LogP contribution is -2.59. The van der Waals surface area contributed by atoms with Gasteiger partial charge in [-0.2, -0.15) is 0 Å². The van der Waals surface area contributed by atoms with Gasteiger partial charge >= 0.3 is 17.9 Å². The second kappa shape index (κ2) is 15.8. The lowest BCUT2D eigenvalue weighted by molar-refractivity contribution is -0.159. The number of aromatic carboxylic acids is 1. The fourth-order valence-corrected chi connectivity index (χ4v) is 5.75. The Kier molecular flexibility index (Phi) is 13.2. The van der Waals surface area contributed by atoms with E-state index in [2.05, 4.69) is 10.3 Å². The van der Waals surface area contributed by atoms with Crippen LogP contribution in [0.4, 0.5) is 0 Å². The molecule has 0 aromatic carbocycles. The minimum absolute atomic E-state index is 0.0728. The Labute approximate surface area is 245 Å². The van der Waals surface area contributed by atoms with Gasteiger partial charge in [-0.05, 0) is 38.3 Å². The maximum Gasteiger partial charge on any atom is 0.355 e. The Morgan fingerprint density at radius 3 is 2.37 bits per heavy atom. The fourth-order valence-electron chi connectivity index (χ4n) is 4.91. The van der Waals surface area contributed by atoms with Crippen LogP contribution in [0.25, 0.3) is 0 Å². The van der Waals surface area contributed by atoms with E-state index in [1.807, 2.05) is 39.6 Å². The van der Waals surface area contributed by atoms with Gasteiger partial charge in [0.1, 0.15) is 11.0 Å². The third-order valence-electron chi connectivity index (χ3n) is 7.49. The number of hydrogen-bond acceptors (Lipinski definition) is 10. The van der Waals surface area contributed by atoms with Gasteiger partial charge in [-0.1, -0.05) is 40.5 Å². The van der Waals surface area contributed by atoms with E-state index in [-0.39, 0.29) is 47.6 Å². The van der Waals surface area contributed by atoms with Gasteiger partial charge in [0.05, 0.1) is 6.04 Å². The molecular weight excluding hydrogens is 552 g/mol. The van der Waals surface area contributed by atoms with Crippen molar-refractivity contribution in [3.63, 3.8) is 0 Å². The highest BCUT2D eigenvalue weighted by atomic mass is 32.1. The number of nitrogens with zero attached hydrogens (tertiary/aromatic N) is 3. The number of amides is 2. The van der Waals surface area contributed by atoms with Gasteiger partial charge in [-0.15, -0.1) is 11.3 Å². The normalized spacial score (nSPS) is 18.6. The molecule has 2 rings (SSSR count). The molecule has 13 heteroatoms. The van der Waals surface area contributed by atoms with Crippen molar-refractivity contribution in [2.45, 2.75) is 97.9 Å². The monoisotopic (exact) mass is 596 g/mol. The zero-order valence-corrected chi connectivity index (χ0v) is 25.9. The number of rotatable bonds is 14. The summed E-state index contributed by atoms with van der Waals surface area (Å²) in [7, 11) is 1.90. The molecule has 2 N–H and O–H groups in total. The number of likely N-dealkylation sites (N-methyl/N-ethyl adjacent to an activating group) is 1. The summed E-state index contributed by atoms with van der Waals surface area (Å²) in [6.07, 6.45) is 2.37. The summed E-state index contributed by atoms with van der Waals surface area (Å²) in [5.74, 6) is -3.46. The summed E-state index contributed by atoms with van der Waals surface area (Å²) >= 11 is 1.04. The first-order chi connectivity index (χ1) is 19.3. The van der Waals surface area contributed by atoms with Crippen LogP contribution in [0.1, 0.15) is 95.2 Å². The van der Waals surface area contributed by atoms with Gasteiger partial charge in [-0.3, -0.25) is 24.1 Å². The number of esters is 2. The van der Waals surface area contributed by atoms with Crippen LogP contribution in [-0.4, -0.2) is 88.1 Å². The van der Waals surface area contributed by atoms with Crippen LogP contribution in [0.15, 0.2) is 5.38 Å². The Morgan fingerprint density at radius 1 is 1.17 bits per heavy atom. The van der Waals surface area contributed by atoms with Crippen LogP contribution >= 0.6 is 11.3 Å². The third-order valence-corrected chi connectivity index (χ3v) is 8.43. The molecule has 2 amide bonds. The first-order valence-electron chi connectivity index (χ1n) is 14.1. The summed E-state index contributed by atoms with van der Waals surface area (Å²) in [6, 6.07) is -1.85. The molecule has 2 heterocycles. The molecule has 1 fully saturated rings. The van der Waals surface area contributed by atoms with Gasteiger partial charge in [-0.25, -0.2) is 9.78 Å². The molecule has 0 bridgehead atoms. The van der Waals surface area contributed by atoms with Gasteiger partial charge < -0.3 is 24.8 Å². The summed E-state index contributed by atoms with van der Waals surface area (Å²) in [5, 5.41) is 14.0. The number of nitrogens with one attached hydrogen (secondary N) is 1. The number of carboxylic acid groups (broad SMARTS) is 1. The second-order valence-corrected chi connectivity index (χ2v) is 11.8. The second-order valence-electron chi connectivity index (χ2n) is 11.0. The number of carbonyl (C=O) groups is 5. The first kappa shape index (κ1) is 34.1. The zero-order chi connectivity index (χ0) is 30.9. The molecule has 0 spiro atoms. The molecule has 1 saturated heterocycles. The molecule has 0 saturated carbocycles. The van der Waals surface area contributed by atoms with Crippen LogP contribution in [0.2, 0.25) is 0 Å². The summed E-state index contributed by atoms with van der Waals surface area (Å²) in [6.45, 7) is 10.5. The average molecular weight is 597 g/mol. The maximum atomic E-state index is 14.2. The molecule has 5 atom stereocenters. The number of piperidine rings is 1. The predicted octanol–water partition coefficient (Wildman–Crippen LogP) is 3.22. The SMILES string of the molecule is CCC(C)[C@H](NC(=O)[C@H]1CCCCN1C)C(=O)N(COC(C)=O)[C@H](C[C@@H](OC(C)=O)c1nc(C(=O)O)cs1)C(C)C. The van der Waals surface area contributed by atoms with Crippen molar-refractivity contribution in [2.75, 3.05) is 20.3 Å². The highest BCUT2D eigenvalue weighted by Gasteiger charge is 2.39. The first-order valence-corrected chi connectivity index (χ1v) is 14.9. The van der Waals surface area contributed by atoms with Gasteiger partial charge in [0, 0.05) is 31.7 Å². The summed E-state index contributed by atoms with van der Waals surface area (Å²) < 4.78 is 10.9. The van der Waals surface area contributed by atoms with E-state index in [0.717, 1.165) is 30.7 Å². The Morgan fingerprint density at radius 2 is 1.85 bits per heavy atom. The van der Waals surface area contributed by atoms with E-state index >= 15 is 0 Å². The number of carboxylic acids is 1. The van der Waals surface area contributed by atoms with Gasteiger partial charge in [0.25, 0.3) is 0 Å². The predicted molar refractivity (Wildman–Crippen MR) is 152 cm³/mol. The number of aromatic nitrogens is 1. The van der Waals surface area contributed by atoms with Gasteiger partial charge in [0.2, 0.25) is 11.8 Å². The molecule has 12 nitrogen and oxygen atoms in total. The van der Waals surface area contributed by atoms with Crippen molar-refractivity contribution in [3.8, 4) is 0 Å². The fraction of sp³-hybridized carbons (Fsp3) is 0.714. The van der Waals surface area contributed by atoms with Crippen LogP contribution in [0.3, 0.4) is 0 Å². The number of carbonyl (C=O) groups excluding carboxylic acids is 4. The smallest absolute Gasteiger partial charge is 0.355 e. The van der Waals surface area contributed by atoms with Crippen molar-refractivity contribution < 1.29 is 38.6 Å². The van der Waals surface area contributed by atoms with Gasteiger partial charge in [0.15, 0.2) is 18.5 Å². The van der Waals surface area contributed by atoms with E-state index in [1.165, 1.54) is 24.1 Å². The van der Waals surface area contributed by atoms with E-state index in [9.17, 15) is 29.1 Å². The summed E-state index contributed by atoms with van der Waals surface area (Å²) in [5.41, 5.74) is -0.177. The van der Waals surface area contributed by atoms with Crippen LogP contribution in [-0.2, 0) is 28.7 Å². The minimum atomic E-state index is -1.21. The number of thiazole rings is 1. The molecule has 230 valence electrons. The van der Waals surface area contributed by atoms with E-state index in [0.29, 0.717) is 12.8 Å². The molecule has 1 aromatic heterocycles. The van der Waals surface area contributed by atoms with Crippen molar-refractivity contribution >= 4 is 41.1 Å². The Bertz CT molecular complexity index is 1080. The van der Waals surface area contributed by atoms with Crippen LogP contribution in [0.5, 0.6) is 0 Å². The largest absolute Gasteiger partial charge is 0.476 e. The molecule has 1 aliphatic rings. The molecular formula is C28H44N4O8S. The van der Waals surface area contributed by atoms with Crippen LogP contribution < -0.4 is 5.32 Å². The van der Waals surface area contributed by atoms with Crippen molar-refractivity contribution in [3.05, 3.63) is 16.1 Å². The molecule has 0 aliphatic carbocycles. The highest BCUT2D eigenvalue weighted by molar-refractivity contribution is 7.09. The zero-order valence-electron chi connectivity index (χ0n) is 25.0. The van der Waals surface area contributed by atoms with E-state index in [4.69, 9.17) is 9.47 Å². The topological polar surface area (TPSA) is 155 Å². The number of hydrogen-bond donors (Lipinski definition) is 2. The van der Waals surface area contributed by atoms with Crippen molar-refractivity contribution in [1.82, 2.24) is 20.1 Å². The molecule has 1 unspecified atom stereocenters. The lowest BCUT2D eigenvalue weighted by atomic mass is 9.92. The minimum Gasteiger partial charge on any atom is -0.476 e. The Hall–Kier alpha value is -3.06. The lowest BCUT2D eigenvalue weighted by Gasteiger charge is -2.39. The molecule has 1 aromatic rings. The summed E-state index contributed by atoms with van der Waals surface area (Å²) in [4.78, 5) is 70.4. The third kappa shape index (κ3) is 9.77. The molecule has 41 heavy (non-hydrogen) atoms. The van der Waals surface area contributed by atoms with E-state index < -0.39 is 42.0 Å². The average Bonchev–Trinajstić information content (AvgIpc) is 3.40. The number of likely N-dealkylation sites (tertiary alicyclic amines) is 1. The quantitative estimate of drug-likeness (QED) is 0.242. The highest BCUT2D eigenvalue weighted by Crippen LogP contribution is 2.31. The molecule has 0 radical (unpaired) electrons. The van der Waals surface area contributed by atoms with Crippen molar-refractivity contribution in [2.24, 2.45) is 11.8 Å². The maximum absolute atomic E-state index is 14.2. The standard InChI is InChI=1S/C28H44N4O8S/c1-8-17(4)24(30-25(35)21-11-9-10-12-31(21)7)27(36)32(15-39-18(5)33)22(16(2)3)13-23(40-19(6)34)26-29-20(14-41-26)28(37)38/h14,16-17,21-24H,8-13,15H2,1-7H3,(H,30,35)(H,37,38)/t17?,21-,22-,23-,24+/m1/s1. The van der Waals surface area contributed by atoms with Crippen molar-refractivity contribution in [1.29, 1.82) is 0 Å². The molecule has 1 aliphatic heterocycles. The Balaban J connectivity index is 2.45. The van der Waals surface area contributed by atoms with E-state index in [1.54, 1.807) is 0 Å². The van der Waals surface area contributed by atoms with Crippen LogP contribution in [0, 0.1) is 11.8 Å². The number of ether oxygens (including phenoxy) is 2.